The number of rotatable bonds is 7. The molecule has 12 heteroatoms. The monoisotopic (exact) mass is 430 g/mol. The molecule has 1 N–H and O–H groups in total. The van der Waals surface area contributed by atoms with Crippen molar-refractivity contribution in [1.29, 1.82) is 0 Å². The third-order valence-corrected chi connectivity index (χ3v) is 6.33. The minimum Gasteiger partial charge on any atom is -0.480 e. The average molecular weight is 430 g/mol. The molecule has 0 spiro atoms. The Kier molecular flexibility index (Phi) is 6.64. The molecule has 2 heterocycles. The highest BCUT2D eigenvalue weighted by Gasteiger charge is 2.56. The van der Waals surface area contributed by atoms with Gasteiger partial charge in [-0.3, -0.25) is 9.78 Å². The molecule has 0 atom stereocenters. The summed E-state index contributed by atoms with van der Waals surface area (Å²) < 4.78 is 87.4. The van der Waals surface area contributed by atoms with Gasteiger partial charge in [-0.1, -0.05) is 6.07 Å². The Morgan fingerprint density at radius 2 is 1.79 bits per heavy atom. The predicted molar refractivity (Wildman–Crippen MR) is 88.5 cm³/mol. The van der Waals surface area contributed by atoms with Crippen LogP contribution < -0.4 is 0 Å². The van der Waals surface area contributed by atoms with Crippen molar-refractivity contribution < 1.29 is 40.3 Å². The highest BCUT2D eigenvalue weighted by molar-refractivity contribution is 7.89. The Balaban J connectivity index is 1.92. The molecule has 0 aromatic carbocycles. The molecule has 1 saturated heterocycles. The zero-order valence-corrected chi connectivity index (χ0v) is 15.4. The van der Waals surface area contributed by atoms with Gasteiger partial charge in [0.15, 0.2) is 5.75 Å². The van der Waals surface area contributed by atoms with E-state index in [0.717, 1.165) is 4.31 Å². The van der Waals surface area contributed by atoms with Gasteiger partial charge in [-0.2, -0.15) is 22.0 Å². The number of pyridine rings is 1. The van der Waals surface area contributed by atoms with Crippen molar-refractivity contribution in [3.8, 4) is 0 Å². The van der Waals surface area contributed by atoms with Crippen LogP contribution in [0.1, 0.15) is 36.4 Å². The largest absolute Gasteiger partial charge is 0.480 e. The molecular weight excluding hydrogens is 411 g/mol. The third-order valence-electron chi connectivity index (χ3n) is 4.56. The fraction of sp³-hybridized carbons (Fsp3) is 0.625. The molecule has 0 amide bonds. The minimum absolute atomic E-state index is 0.109. The SMILES string of the molecule is O=C(O)CS(=O)(=O)N1CCC(c2ccc(CCC(F)(F)C(F)(F)F)cn2)CC1. The summed E-state index contributed by atoms with van der Waals surface area (Å²) >= 11 is 0. The number of hydrogen-bond donors (Lipinski definition) is 1. The molecule has 0 bridgehead atoms. The van der Waals surface area contributed by atoms with Crippen molar-refractivity contribution in [2.75, 3.05) is 18.8 Å². The minimum atomic E-state index is -5.59. The number of carbonyl (C=O) groups is 1. The molecular formula is C16H19F5N2O4S. The van der Waals surface area contributed by atoms with E-state index in [-0.39, 0.29) is 24.6 Å². The van der Waals surface area contributed by atoms with E-state index in [4.69, 9.17) is 5.11 Å². The maximum Gasteiger partial charge on any atom is 0.453 e. The zero-order valence-electron chi connectivity index (χ0n) is 14.6. The van der Waals surface area contributed by atoms with Crippen molar-refractivity contribution >= 4 is 16.0 Å². The van der Waals surface area contributed by atoms with E-state index in [1.54, 1.807) is 0 Å². The molecule has 1 aromatic rings. The number of aromatic nitrogens is 1. The van der Waals surface area contributed by atoms with Crippen molar-refractivity contribution in [3.05, 3.63) is 29.6 Å². The highest BCUT2D eigenvalue weighted by Crippen LogP contribution is 2.38. The van der Waals surface area contributed by atoms with Crippen LogP contribution in [0, 0.1) is 0 Å². The second kappa shape index (κ2) is 8.27. The fourth-order valence-electron chi connectivity index (χ4n) is 2.95. The topological polar surface area (TPSA) is 87.6 Å². The maximum absolute atomic E-state index is 13.0. The van der Waals surface area contributed by atoms with E-state index in [1.165, 1.54) is 18.3 Å². The van der Waals surface area contributed by atoms with Crippen LogP contribution in [0.25, 0.3) is 0 Å². The first-order chi connectivity index (χ1) is 12.8. The van der Waals surface area contributed by atoms with E-state index in [2.05, 4.69) is 4.98 Å². The molecule has 1 aliphatic heterocycles. The second-order valence-corrected chi connectivity index (χ2v) is 8.59. The Bertz CT molecular complexity index is 788. The summed E-state index contributed by atoms with van der Waals surface area (Å²) in [5.41, 5.74) is 0.829. The first kappa shape index (κ1) is 22.5. The number of piperidine rings is 1. The summed E-state index contributed by atoms with van der Waals surface area (Å²) in [6.07, 6.45) is -5.39. The van der Waals surface area contributed by atoms with Crippen LogP contribution in [0.5, 0.6) is 0 Å². The number of carboxylic acid groups (broad SMARTS) is 1. The molecule has 6 nitrogen and oxygen atoms in total. The smallest absolute Gasteiger partial charge is 0.453 e. The molecule has 1 aliphatic rings. The summed E-state index contributed by atoms with van der Waals surface area (Å²) in [5, 5.41) is 8.65. The van der Waals surface area contributed by atoms with Crippen LogP contribution in [0.15, 0.2) is 18.3 Å². The van der Waals surface area contributed by atoms with Crippen molar-refractivity contribution in [2.45, 2.75) is 43.7 Å². The quantitative estimate of drug-likeness (QED) is 0.673. The predicted octanol–water partition coefficient (Wildman–Crippen LogP) is 2.81. The summed E-state index contributed by atoms with van der Waals surface area (Å²) in [4.78, 5) is 14.7. The van der Waals surface area contributed by atoms with Crippen LogP contribution in [0.4, 0.5) is 22.0 Å². The molecule has 0 radical (unpaired) electrons. The van der Waals surface area contributed by atoms with Gasteiger partial charge in [0.1, 0.15) is 0 Å². The van der Waals surface area contributed by atoms with E-state index in [0.29, 0.717) is 18.5 Å². The van der Waals surface area contributed by atoms with Crippen LogP contribution >= 0.6 is 0 Å². The number of aliphatic carboxylic acids is 1. The van der Waals surface area contributed by atoms with Gasteiger partial charge in [0.05, 0.1) is 0 Å². The standard InChI is InChI=1S/C16H19F5N2O4S/c17-15(18,16(19,20)21)6-3-11-1-2-13(22-9-11)12-4-7-23(8-5-12)28(26,27)10-14(24)25/h1-2,9,12H,3-8,10H2,(H,24,25). The number of hydrogen-bond acceptors (Lipinski definition) is 4. The van der Waals surface area contributed by atoms with Gasteiger partial charge in [-0.25, -0.2) is 12.7 Å². The lowest BCUT2D eigenvalue weighted by Crippen LogP contribution is -2.40. The summed E-state index contributed by atoms with van der Waals surface area (Å²) in [6.45, 7) is 0.253. The van der Waals surface area contributed by atoms with Crippen LogP contribution in [-0.2, 0) is 21.2 Å². The Labute approximate surface area is 158 Å². The second-order valence-electron chi connectivity index (χ2n) is 6.62. The zero-order chi connectivity index (χ0) is 21.2. The van der Waals surface area contributed by atoms with Gasteiger partial charge in [0, 0.05) is 37.3 Å². The molecule has 1 aromatic heterocycles. The highest BCUT2D eigenvalue weighted by atomic mass is 32.2. The van der Waals surface area contributed by atoms with Gasteiger partial charge < -0.3 is 5.11 Å². The molecule has 2 rings (SSSR count). The van der Waals surface area contributed by atoms with Gasteiger partial charge in [0.2, 0.25) is 10.0 Å². The van der Waals surface area contributed by atoms with Gasteiger partial charge in [-0.05, 0) is 30.9 Å². The number of halogens is 5. The van der Waals surface area contributed by atoms with E-state index in [1.807, 2.05) is 0 Å². The number of carboxylic acids is 1. The molecule has 0 saturated carbocycles. The normalized spacial score (nSPS) is 17.6. The average Bonchev–Trinajstić information content (AvgIpc) is 2.58. The number of alkyl halides is 5. The summed E-state index contributed by atoms with van der Waals surface area (Å²) in [7, 11) is -3.88. The third kappa shape index (κ3) is 5.60. The Hall–Kier alpha value is -1.82. The van der Waals surface area contributed by atoms with Gasteiger partial charge in [0.25, 0.3) is 0 Å². The summed E-state index contributed by atoms with van der Waals surface area (Å²) in [6, 6.07) is 2.97. The lowest BCUT2D eigenvalue weighted by atomic mass is 9.93. The lowest BCUT2D eigenvalue weighted by Gasteiger charge is -2.30. The van der Waals surface area contributed by atoms with Crippen molar-refractivity contribution in [1.82, 2.24) is 9.29 Å². The van der Waals surface area contributed by atoms with E-state index in [9.17, 15) is 35.2 Å². The molecule has 0 unspecified atom stereocenters. The molecule has 28 heavy (non-hydrogen) atoms. The van der Waals surface area contributed by atoms with Gasteiger partial charge >= 0.3 is 18.1 Å². The first-order valence-corrected chi connectivity index (χ1v) is 10.0. The molecule has 1 fully saturated rings. The maximum atomic E-state index is 13.0. The van der Waals surface area contributed by atoms with E-state index >= 15 is 0 Å². The number of sulfonamides is 1. The van der Waals surface area contributed by atoms with E-state index < -0.39 is 46.7 Å². The molecule has 158 valence electrons. The molecule has 0 aliphatic carbocycles. The Morgan fingerprint density at radius 1 is 1.18 bits per heavy atom. The Morgan fingerprint density at radius 3 is 2.25 bits per heavy atom. The number of nitrogens with zero attached hydrogens (tertiary/aromatic N) is 2. The number of aryl methyl sites for hydroxylation is 1. The van der Waals surface area contributed by atoms with Crippen molar-refractivity contribution in [3.63, 3.8) is 0 Å². The fourth-order valence-corrected chi connectivity index (χ4v) is 4.21. The van der Waals surface area contributed by atoms with Crippen LogP contribution in [0.3, 0.4) is 0 Å². The van der Waals surface area contributed by atoms with Crippen LogP contribution in [-0.4, -0.2) is 59.7 Å². The van der Waals surface area contributed by atoms with Crippen LogP contribution in [0.2, 0.25) is 0 Å². The van der Waals surface area contributed by atoms with Crippen molar-refractivity contribution in [2.24, 2.45) is 0 Å². The lowest BCUT2D eigenvalue weighted by molar-refractivity contribution is -0.284. The van der Waals surface area contributed by atoms with Gasteiger partial charge in [-0.15, -0.1) is 0 Å². The first-order valence-electron chi connectivity index (χ1n) is 8.41. The summed E-state index contributed by atoms with van der Waals surface area (Å²) in [5.74, 6) is -7.29.